The van der Waals surface area contributed by atoms with Crippen molar-refractivity contribution in [1.82, 2.24) is 20.1 Å². The Morgan fingerprint density at radius 1 is 1.19 bits per heavy atom. The Labute approximate surface area is 150 Å². The third-order valence-electron chi connectivity index (χ3n) is 4.05. The zero-order valence-electron chi connectivity index (χ0n) is 14.7. The fourth-order valence-electron chi connectivity index (χ4n) is 2.63. The quantitative estimate of drug-likeness (QED) is 0.733. The topological polar surface area (TPSA) is 102 Å². The first-order chi connectivity index (χ1) is 12.5. The van der Waals surface area contributed by atoms with Crippen LogP contribution in [0, 0.1) is 6.92 Å². The second-order valence-corrected chi connectivity index (χ2v) is 5.90. The molecule has 2 N–H and O–H groups in total. The van der Waals surface area contributed by atoms with Crippen LogP contribution in [0.1, 0.15) is 45.3 Å². The molecule has 26 heavy (non-hydrogen) atoms. The van der Waals surface area contributed by atoms with E-state index in [1.54, 1.807) is 48.1 Å². The minimum atomic E-state index is -0.372. The number of aryl methyl sites for hydroxylation is 1. The zero-order chi connectivity index (χ0) is 18.7. The summed E-state index contributed by atoms with van der Waals surface area (Å²) in [5.74, 6) is 0.226. The fraction of sp³-hybridized carbons (Fsp3) is 0.222. The molecule has 3 rings (SSSR count). The summed E-state index contributed by atoms with van der Waals surface area (Å²) in [4.78, 5) is 24.8. The van der Waals surface area contributed by atoms with Gasteiger partial charge in [-0.3, -0.25) is 9.59 Å². The minimum absolute atomic E-state index is 0.204. The third kappa shape index (κ3) is 3.49. The van der Waals surface area contributed by atoms with E-state index in [0.29, 0.717) is 22.6 Å². The molecule has 1 aromatic carbocycles. The molecule has 0 saturated carbocycles. The van der Waals surface area contributed by atoms with Crippen molar-refractivity contribution < 1.29 is 14.0 Å². The molecule has 134 valence electrons. The molecule has 0 fully saturated rings. The molecule has 0 radical (unpaired) electrons. The molecule has 0 aliphatic rings. The lowest BCUT2D eigenvalue weighted by molar-refractivity contribution is 0.0935. The van der Waals surface area contributed by atoms with E-state index >= 15 is 0 Å². The number of rotatable bonds is 5. The fourth-order valence-corrected chi connectivity index (χ4v) is 2.63. The van der Waals surface area contributed by atoms with Gasteiger partial charge in [0.2, 0.25) is 0 Å². The standard InChI is InChI=1S/C18H19N5O3/c1-11-13(17(24)20-12(2)16-22-19-10-23(16)3)6-4-7-14(11)21-18(25)15-8-5-9-26-15/h4-10,12H,1-3H3,(H,20,24)(H,21,25). The predicted molar refractivity (Wildman–Crippen MR) is 94.7 cm³/mol. The number of carbonyl (C=O) groups is 2. The van der Waals surface area contributed by atoms with Crippen LogP contribution in [0.3, 0.4) is 0 Å². The van der Waals surface area contributed by atoms with Gasteiger partial charge in [0.25, 0.3) is 11.8 Å². The Kier molecular flexibility index (Phi) is 4.83. The number of aromatic nitrogens is 3. The highest BCUT2D eigenvalue weighted by Crippen LogP contribution is 2.21. The molecule has 8 heteroatoms. The van der Waals surface area contributed by atoms with Gasteiger partial charge in [-0.15, -0.1) is 10.2 Å². The van der Waals surface area contributed by atoms with Crippen LogP contribution < -0.4 is 10.6 Å². The number of nitrogens with one attached hydrogen (secondary N) is 2. The highest BCUT2D eigenvalue weighted by molar-refractivity contribution is 6.04. The van der Waals surface area contributed by atoms with E-state index in [2.05, 4.69) is 20.8 Å². The molecule has 0 saturated heterocycles. The van der Waals surface area contributed by atoms with Crippen molar-refractivity contribution in [2.45, 2.75) is 19.9 Å². The first-order valence-electron chi connectivity index (χ1n) is 8.06. The van der Waals surface area contributed by atoms with Gasteiger partial charge in [0, 0.05) is 18.3 Å². The second-order valence-electron chi connectivity index (χ2n) is 5.90. The normalized spacial score (nSPS) is 11.8. The summed E-state index contributed by atoms with van der Waals surface area (Å²) in [6, 6.07) is 8.06. The molecule has 0 aliphatic heterocycles. The lowest BCUT2D eigenvalue weighted by atomic mass is 10.1. The van der Waals surface area contributed by atoms with Gasteiger partial charge in [-0.25, -0.2) is 0 Å². The molecule has 1 unspecified atom stereocenters. The maximum Gasteiger partial charge on any atom is 0.291 e. The molecule has 2 amide bonds. The van der Waals surface area contributed by atoms with E-state index in [1.807, 2.05) is 14.0 Å². The Hall–Kier alpha value is -3.42. The Bertz CT molecular complexity index is 930. The molecule has 8 nitrogen and oxygen atoms in total. The monoisotopic (exact) mass is 353 g/mol. The molecule has 0 aliphatic carbocycles. The van der Waals surface area contributed by atoms with Crippen LogP contribution in [0.2, 0.25) is 0 Å². The van der Waals surface area contributed by atoms with E-state index in [4.69, 9.17) is 4.42 Å². The van der Waals surface area contributed by atoms with Crippen molar-refractivity contribution >= 4 is 17.5 Å². The van der Waals surface area contributed by atoms with Crippen LogP contribution >= 0.6 is 0 Å². The van der Waals surface area contributed by atoms with Gasteiger partial charge >= 0.3 is 0 Å². The van der Waals surface area contributed by atoms with Crippen molar-refractivity contribution in [3.63, 3.8) is 0 Å². The van der Waals surface area contributed by atoms with Crippen LogP contribution in [0.15, 0.2) is 47.3 Å². The van der Waals surface area contributed by atoms with Crippen molar-refractivity contribution in [3.05, 3.63) is 65.6 Å². The van der Waals surface area contributed by atoms with E-state index < -0.39 is 0 Å². The summed E-state index contributed by atoms with van der Waals surface area (Å²) in [5.41, 5.74) is 1.68. The van der Waals surface area contributed by atoms with Gasteiger partial charge in [-0.05, 0) is 43.7 Å². The Morgan fingerprint density at radius 2 is 2.00 bits per heavy atom. The van der Waals surface area contributed by atoms with E-state index in [9.17, 15) is 9.59 Å². The number of carbonyl (C=O) groups excluding carboxylic acids is 2. The number of hydrogen-bond donors (Lipinski definition) is 2. The molecular weight excluding hydrogens is 334 g/mol. The van der Waals surface area contributed by atoms with Crippen molar-refractivity contribution in [3.8, 4) is 0 Å². The van der Waals surface area contributed by atoms with Crippen LogP contribution in [-0.4, -0.2) is 26.6 Å². The average molecular weight is 353 g/mol. The SMILES string of the molecule is Cc1c(NC(=O)c2ccco2)cccc1C(=O)NC(C)c1nncn1C. The summed E-state index contributed by atoms with van der Waals surface area (Å²) in [6.45, 7) is 3.61. The first kappa shape index (κ1) is 17.4. The Balaban J connectivity index is 1.77. The molecule has 0 bridgehead atoms. The summed E-state index contributed by atoms with van der Waals surface area (Å²) >= 11 is 0. The number of anilines is 1. The second kappa shape index (κ2) is 7.22. The molecule has 0 spiro atoms. The predicted octanol–water partition coefficient (Wildman–Crippen LogP) is 2.46. The van der Waals surface area contributed by atoms with Gasteiger partial charge in [-0.1, -0.05) is 6.07 Å². The minimum Gasteiger partial charge on any atom is -0.459 e. The van der Waals surface area contributed by atoms with Gasteiger partial charge in [0.15, 0.2) is 11.6 Å². The molecule has 3 aromatic rings. The number of amides is 2. The summed E-state index contributed by atoms with van der Waals surface area (Å²) in [6.07, 6.45) is 3.01. The molecule has 2 aromatic heterocycles. The highest BCUT2D eigenvalue weighted by Gasteiger charge is 2.19. The zero-order valence-corrected chi connectivity index (χ0v) is 14.7. The van der Waals surface area contributed by atoms with E-state index in [-0.39, 0.29) is 23.6 Å². The molecular formula is C18H19N5O3. The van der Waals surface area contributed by atoms with Crippen LogP contribution in [0.5, 0.6) is 0 Å². The maximum atomic E-state index is 12.6. The largest absolute Gasteiger partial charge is 0.459 e. The molecule has 2 heterocycles. The van der Waals surface area contributed by atoms with Gasteiger partial charge in [-0.2, -0.15) is 0 Å². The van der Waals surface area contributed by atoms with Crippen LogP contribution in [0.4, 0.5) is 5.69 Å². The number of benzene rings is 1. The average Bonchev–Trinajstić information content (AvgIpc) is 3.28. The van der Waals surface area contributed by atoms with Gasteiger partial charge in [0.05, 0.1) is 12.3 Å². The first-order valence-corrected chi connectivity index (χ1v) is 8.06. The Morgan fingerprint density at radius 3 is 2.65 bits per heavy atom. The highest BCUT2D eigenvalue weighted by atomic mass is 16.3. The number of hydrogen-bond acceptors (Lipinski definition) is 5. The van der Waals surface area contributed by atoms with Crippen molar-refractivity contribution in [2.75, 3.05) is 5.32 Å². The summed E-state index contributed by atoms with van der Waals surface area (Å²) in [5, 5.41) is 13.5. The van der Waals surface area contributed by atoms with Gasteiger partial charge in [0.1, 0.15) is 6.33 Å². The van der Waals surface area contributed by atoms with Crippen LogP contribution in [-0.2, 0) is 7.05 Å². The summed E-state index contributed by atoms with van der Waals surface area (Å²) in [7, 11) is 1.81. The van der Waals surface area contributed by atoms with Crippen LogP contribution in [0.25, 0.3) is 0 Å². The molecule has 1 atom stereocenters. The van der Waals surface area contributed by atoms with Gasteiger partial charge < -0.3 is 19.6 Å². The number of furan rings is 1. The number of nitrogens with zero attached hydrogens (tertiary/aromatic N) is 3. The van der Waals surface area contributed by atoms with E-state index in [0.717, 1.165) is 0 Å². The van der Waals surface area contributed by atoms with Crippen molar-refractivity contribution in [1.29, 1.82) is 0 Å². The lowest BCUT2D eigenvalue weighted by Gasteiger charge is -2.16. The summed E-state index contributed by atoms with van der Waals surface area (Å²) < 4.78 is 6.83. The maximum absolute atomic E-state index is 12.6. The third-order valence-corrected chi connectivity index (χ3v) is 4.05. The van der Waals surface area contributed by atoms with Crippen molar-refractivity contribution in [2.24, 2.45) is 7.05 Å². The lowest BCUT2D eigenvalue weighted by Crippen LogP contribution is -2.29. The smallest absolute Gasteiger partial charge is 0.291 e. The van der Waals surface area contributed by atoms with E-state index in [1.165, 1.54) is 6.26 Å².